The lowest BCUT2D eigenvalue weighted by Crippen LogP contribution is -2.50. The standard InChI is InChI=1S/C16H18FN3O6/c17-13-7-10(20-11(8-21)9-26-16(20)25)1-2-12(13)14(22)18-3-5-19(6-4-18)15(23)24/h1-2,7,11,21H,3-6,8-9H2,(H,23,24)/t11-/m1/s1. The number of ether oxygens (including phenoxy) is 1. The maximum absolute atomic E-state index is 14.5. The Morgan fingerprint density at radius 3 is 2.42 bits per heavy atom. The van der Waals surface area contributed by atoms with Crippen LogP contribution >= 0.6 is 0 Å². The summed E-state index contributed by atoms with van der Waals surface area (Å²) in [5.74, 6) is -1.34. The zero-order valence-electron chi connectivity index (χ0n) is 13.8. The van der Waals surface area contributed by atoms with Gasteiger partial charge >= 0.3 is 12.2 Å². The maximum Gasteiger partial charge on any atom is 0.414 e. The molecule has 2 fully saturated rings. The van der Waals surface area contributed by atoms with Gasteiger partial charge in [-0.25, -0.2) is 14.0 Å². The first-order chi connectivity index (χ1) is 12.4. The fourth-order valence-electron chi connectivity index (χ4n) is 3.01. The molecule has 0 radical (unpaired) electrons. The van der Waals surface area contributed by atoms with E-state index in [2.05, 4.69) is 0 Å². The van der Waals surface area contributed by atoms with Gasteiger partial charge in [0, 0.05) is 26.2 Å². The summed E-state index contributed by atoms with van der Waals surface area (Å²) >= 11 is 0. The topological polar surface area (TPSA) is 111 Å². The molecule has 0 saturated carbocycles. The minimum atomic E-state index is -1.05. The Hall–Kier alpha value is -2.88. The molecule has 0 unspecified atom stereocenters. The molecule has 2 heterocycles. The zero-order valence-corrected chi connectivity index (χ0v) is 13.8. The van der Waals surface area contributed by atoms with Crippen LogP contribution in [-0.2, 0) is 4.74 Å². The average Bonchev–Trinajstić information content (AvgIpc) is 3.01. The van der Waals surface area contributed by atoms with E-state index in [1.165, 1.54) is 21.9 Å². The Morgan fingerprint density at radius 1 is 1.19 bits per heavy atom. The molecule has 2 N–H and O–H groups in total. The van der Waals surface area contributed by atoms with Crippen LogP contribution in [0.3, 0.4) is 0 Å². The molecular formula is C16H18FN3O6. The van der Waals surface area contributed by atoms with Crippen molar-refractivity contribution in [1.82, 2.24) is 9.80 Å². The van der Waals surface area contributed by atoms with Gasteiger partial charge in [0.15, 0.2) is 0 Å². The number of piperazine rings is 1. The molecule has 9 nitrogen and oxygen atoms in total. The SMILES string of the molecule is O=C(O)N1CCN(C(=O)c2ccc(N3C(=O)OC[C@H]3CO)cc2F)CC1. The summed E-state index contributed by atoms with van der Waals surface area (Å²) in [6, 6.07) is 3.14. The lowest BCUT2D eigenvalue weighted by atomic mass is 10.1. The molecule has 0 spiro atoms. The molecule has 0 aliphatic carbocycles. The van der Waals surface area contributed by atoms with Crippen LogP contribution < -0.4 is 4.90 Å². The summed E-state index contributed by atoms with van der Waals surface area (Å²) < 4.78 is 19.3. The summed E-state index contributed by atoms with van der Waals surface area (Å²) in [6.45, 7) is 0.360. The molecule has 0 aromatic heterocycles. The van der Waals surface area contributed by atoms with Crippen LogP contribution in [0.1, 0.15) is 10.4 Å². The summed E-state index contributed by atoms with van der Waals surface area (Å²) in [5, 5.41) is 18.2. The molecule has 0 bridgehead atoms. The van der Waals surface area contributed by atoms with Crippen molar-refractivity contribution in [3.63, 3.8) is 0 Å². The number of rotatable bonds is 3. The molecule has 2 aliphatic heterocycles. The van der Waals surface area contributed by atoms with Crippen molar-refractivity contribution in [1.29, 1.82) is 0 Å². The molecule has 140 valence electrons. The van der Waals surface area contributed by atoms with E-state index in [0.29, 0.717) is 0 Å². The van der Waals surface area contributed by atoms with E-state index in [0.717, 1.165) is 11.0 Å². The number of carbonyl (C=O) groups is 3. The Kier molecular flexibility index (Phi) is 4.94. The molecule has 2 aliphatic rings. The van der Waals surface area contributed by atoms with Crippen molar-refractivity contribution in [2.75, 3.05) is 44.3 Å². The van der Waals surface area contributed by atoms with Crippen molar-refractivity contribution in [3.8, 4) is 0 Å². The second kappa shape index (κ2) is 7.16. The third-order valence-electron chi connectivity index (χ3n) is 4.47. The number of hydrogen-bond donors (Lipinski definition) is 2. The molecule has 3 amide bonds. The Bertz CT molecular complexity index is 735. The van der Waals surface area contributed by atoms with Gasteiger partial charge in [0.2, 0.25) is 0 Å². The number of benzene rings is 1. The van der Waals surface area contributed by atoms with Gasteiger partial charge in [-0.2, -0.15) is 0 Å². The monoisotopic (exact) mass is 367 g/mol. The maximum atomic E-state index is 14.5. The van der Waals surface area contributed by atoms with E-state index in [1.807, 2.05) is 0 Å². The van der Waals surface area contributed by atoms with E-state index in [9.17, 15) is 23.9 Å². The fourth-order valence-corrected chi connectivity index (χ4v) is 3.01. The van der Waals surface area contributed by atoms with Crippen LogP contribution in [0, 0.1) is 5.82 Å². The number of anilines is 1. The van der Waals surface area contributed by atoms with Gasteiger partial charge in [0.25, 0.3) is 5.91 Å². The third kappa shape index (κ3) is 3.27. The Labute approximate surface area is 148 Å². The molecule has 1 aromatic rings. The summed E-state index contributed by atoms with van der Waals surface area (Å²) in [6.07, 6.45) is -1.74. The summed E-state index contributed by atoms with van der Waals surface area (Å²) in [4.78, 5) is 38.9. The first kappa shape index (κ1) is 17.9. The number of halogens is 1. The van der Waals surface area contributed by atoms with Crippen LogP contribution in [0.4, 0.5) is 19.7 Å². The van der Waals surface area contributed by atoms with Crippen molar-refractivity contribution in [2.45, 2.75) is 6.04 Å². The van der Waals surface area contributed by atoms with Crippen LogP contribution in [0.2, 0.25) is 0 Å². The fraction of sp³-hybridized carbons (Fsp3) is 0.438. The van der Waals surface area contributed by atoms with Crippen LogP contribution in [0.5, 0.6) is 0 Å². The highest BCUT2D eigenvalue weighted by atomic mass is 19.1. The van der Waals surface area contributed by atoms with Gasteiger partial charge in [-0.05, 0) is 18.2 Å². The largest absolute Gasteiger partial charge is 0.465 e. The molecule has 2 saturated heterocycles. The number of cyclic esters (lactones) is 1. The van der Waals surface area contributed by atoms with Crippen molar-refractivity contribution in [2.24, 2.45) is 0 Å². The van der Waals surface area contributed by atoms with Crippen LogP contribution in [0.25, 0.3) is 0 Å². The number of nitrogens with zero attached hydrogens (tertiary/aromatic N) is 3. The van der Waals surface area contributed by atoms with E-state index in [-0.39, 0.29) is 50.6 Å². The number of carboxylic acid groups (broad SMARTS) is 1. The van der Waals surface area contributed by atoms with E-state index < -0.39 is 30.0 Å². The first-order valence-electron chi connectivity index (χ1n) is 8.06. The minimum Gasteiger partial charge on any atom is -0.465 e. The lowest BCUT2D eigenvalue weighted by molar-refractivity contribution is 0.0620. The van der Waals surface area contributed by atoms with Crippen molar-refractivity contribution < 1.29 is 33.7 Å². The van der Waals surface area contributed by atoms with Crippen molar-refractivity contribution >= 4 is 23.8 Å². The quantitative estimate of drug-likeness (QED) is 0.809. The molecular weight excluding hydrogens is 349 g/mol. The van der Waals surface area contributed by atoms with Gasteiger partial charge in [0.05, 0.1) is 23.9 Å². The number of aliphatic hydroxyl groups is 1. The summed E-state index contributed by atoms with van der Waals surface area (Å²) in [5.41, 5.74) is 0.0296. The Morgan fingerprint density at radius 2 is 1.85 bits per heavy atom. The average molecular weight is 367 g/mol. The predicted molar refractivity (Wildman–Crippen MR) is 86.6 cm³/mol. The second-order valence-electron chi connectivity index (χ2n) is 6.01. The molecule has 1 aromatic carbocycles. The molecule has 26 heavy (non-hydrogen) atoms. The Balaban J connectivity index is 1.75. The van der Waals surface area contributed by atoms with Gasteiger partial charge in [-0.15, -0.1) is 0 Å². The van der Waals surface area contributed by atoms with Gasteiger partial charge in [-0.1, -0.05) is 0 Å². The van der Waals surface area contributed by atoms with Gasteiger partial charge in [0.1, 0.15) is 12.4 Å². The van der Waals surface area contributed by atoms with Gasteiger partial charge in [-0.3, -0.25) is 9.69 Å². The zero-order chi connectivity index (χ0) is 18.8. The van der Waals surface area contributed by atoms with E-state index >= 15 is 0 Å². The van der Waals surface area contributed by atoms with Crippen molar-refractivity contribution in [3.05, 3.63) is 29.6 Å². The predicted octanol–water partition coefficient (Wildman–Crippen LogP) is 0.579. The highest BCUT2D eigenvalue weighted by Crippen LogP contribution is 2.26. The number of aliphatic hydroxyl groups excluding tert-OH is 1. The second-order valence-corrected chi connectivity index (χ2v) is 6.01. The van der Waals surface area contributed by atoms with Gasteiger partial charge < -0.3 is 24.7 Å². The highest BCUT2D eigenvalue weighted by molar-refractivity contribution is 5.96. The van der Waals surface area contributed by atoms with Crippen LogP contribution in [0.15, 0.2) is 18.2 Å². The lowest BCUT2D eigenvalue weighted by Gasteiger charge is -2.33. The van der Waals surface area contributed by atoms with Crippen LogP contribution in [-0.4, -0.2) is 83.5 Å². The molecule has 1 atom stereocenters. The van der Waals surface area contributed by atoms with E-state index in [1.54, 1.807) is 0 Å². The first-order valence-corrected chi connectivity index (χ1v) is 8.06. The third-order valence-corrected chi connectivity index (χ3v) is 4.47. The summed E-state index contributed by atoms with van der Waals surface area (Å²) in [7, 11) is 0. The van der Waals surface area contributed by atoms with E-state index in [4.69, 9.17) is 9.84 Å². The number of amides is 3. The number of carbonyl (C=O) groups excluding carboxylic acids is 2. The minimum absolute atomic E-state index is 0.00545. The number of hydrogen-bond acceptors (Lipinski definition) is 5. The smallest absolute Gasteiger partial charge is 0.414 e. The normalized spacial score (nSPS) is 20.3. The highest BCUT2D eigenvalue weighted by Gasteiger charge is 2.34. The molecule has 3 rings (SSSR count). The molecule has 10 heteroatoms.